The second-order valence-corrected chi connectivity index (χ2v) is 4.44. The lowest BCUT2D eigenvalue weighted by Gasteiger charge is -2.04. The lowest BCUT2D eigenvalue weighted by atomic mass is 10.0. The van der Waals surface area contributed by atoms with Crippen molar-refractivity contribution in [3.05, 3.63) is 41.6 Å². The lowest BCUT2D eigenvalue weighted by Crippen LogP contribution is -1.90. The Hall–Kier alpha value is -2.63. The molecule has 3 rings (SSSR count). The van der Waals surface area contributed by atoms with Gasteiger partial charge in [0, 0.05) is 28.9 Å². The Morgan fingerprint density at radius 2 is 2.00 bits per heavy atom. The number of H-pyrrole nitrogens is 1. The number of aldehydes is 1. The van der Waals surface area contributed by atoms with Crippen LogP contribution in [0.15, 0.2) is 24.5 Å². The molecule has 1 aromatic carbocycles. The molecule has 2 aromatic heterocycles. The van der Waals surface area contributed by atoms with Crippen molar-refractivity contribution in [3.8, 4) is 11.1 Å². The summed E-state index contributed by atoms with van der Waals surface area (Å²) in [5.74, 6) is 0.664. The summed E-state index contributed by atoms with van der Waals surface area (Å²) in [6.07, 6.45) is 4.02. The fraction of sp³-hybridized carbons (Fsp3) is 0.143. The molecule has 0 aliphatic heterocycles. The zero-order valence-electron chi connectivity index (χ0n) is 10.7. The van der Waals surface area contributed by atoms with Crippen LogP contribution in [-0.4, -0.2) is 26.5 Å². The van der Waals surface area contributed by atoms with Gasteiger partial charge < -0.3 is 0 Å². The van der Waals surface area contributed by atoms with Gasteiger partial charge in [-0.3, -0.25) is 9.89 Å². The second-order valence-electron chi connectivity index (χ2n) is 4.44. The van der Waals surface area contributed by atoms with Crippen molar-refractivity contribution >= 4 is 17.2 Å². The Morgan fingerprint density at radius 1 is 1.25 bits per heavy atom. The predicted octanol–water partition coefficient (Wildman–Crippen LogP) is 2.61. The number of alkyl halides is 1. The number of benzene rings is 1. The van der Waals surface area contributed by atoms with E-state index in [1.54, 1.807) is 31.5 Å². The van der Waals surface area contributed by atoms with E-state index in [1.807, 2.05) is 0 Å². The molecule has 0 bridgehead atoms. The molecule has 0 saturated heterocycles. The third kappa shape index (κ3) is 1.95. The van der Waals surface area contributed by atoms with Gasteiger partial charge in [0.15, 0.2) is 6.29 Å². The van der Waals surface area contributed by atoms with E-state index in [0.29, 0.717) is 34.3 Å². The summed E-state index contributed by atoms with van der Waals surface area (Å²) in [5.41, 5.74) is 2.78. The third-order valence-electron chi connectivity index (χ3n) is 3.14. The van der Waals surface area contributed by atoms with Crippen LogP contribution in [0.5, 0.6) is 0 Å². The van der Waals surface area contributed by atoms with Gasteiger partial charge in [-0.2, -0.15) is 5.10 Å². The molecule has 0 aliphatic carbocycles. The third-order valence-corrected chi connectivity index (χ3v) is 3.14. The normalized spacial score (nSPS) is 10.9. The van der Waals surface area contributed by atoms with E-state index in [1.165, 1.54) is 0 Å². The average molecular weight is 270 g/mol. The molecule has 0 atom stereocenters. The summed E-state index contributed by atoms with van der Waals surface area (Å²) < 4.78 is 13.2. The van der Waals surface area contributed by atoms with Crippen LogP contribution >= 0.6 is 0 Å². The Morgan fingerprint density at radius 3 is 2.65 bits per heavy atom. The van der Waals surface area contributed by atoms with Crippen molar-refractivity contribution in [2.24, 2.45) is 0 Å². The first kappa shape index (κ1) is 12.4. The monoisotopic (exact) mass is 270 g/mol. The first-order valence-corrected chi connectivity index (χ1v) is 6.04. The first-order chi connectivity index (χ1) is 9.72. The number of nitrogens with one attached hydrogen (secondary N) is 1. The standard InChI is InChI=1S/C14H11FN4O/c1-8-16-5-11(6-17-8)9-2-10(4-15)14-12(3-9)13(7-20)18-19-14/h2-3,5-7H,4H2,1H3,(H,18,19). The Balaban J connectivity index is 2.25. The molecule has 0 saturated carbocycles. The summed E-state index contributed by atoms with van der Waals surface area (Å²) in [7, 11) is 0. The molecule has 2 heterocycles. The van der Waals surface area contributed by atoms with E-state index in [0.717, 1.165) is 11.1 Å². The van der Waals surface area contributed by atoms with Crippen LogP contribution in [0.1, 0.15) is 21.9 Å². The summed E-state index contributed by atoms with van der Waals surface area (Å²) in [6, 6.07) is 3.49. The van der Waals surface area contributed by atoms with E-state index in [2.05, 4.69) is 20.2 Å². The smallest absolute Gasteiger partial charge is 0.168 e. The number of aryl methyl sites for hydroxylation is 1. The molecule has 0 radical (unpaired) electrons. The topological polar surface area (TPSA) is 71.5 Å². The van der Waals surface area contributed by atoms with Crippen molar-refractivity contribution in [2.45, 2.75) is 13.6 Å². The minimum Gasteiger partial charge on any atom is -0.296 e. The van der Waals surface area contributed by atoms with Crippen molar-refractivity contribution in [3.63, 3.8) is 0 Å². The van der Waals surface area contributed by atoms with E-state index in [-0.39, 0.29) is 0 Å². The fourth-order valence-corrected chi connectivity index (χ4v) is 2.11. The molecule has 0 unspecified atom stereocenters. The van der Waals surface area contributed by atoms with Gasteiger partial charge in [-0.15, -0.1) is 0 Å². The molecule has 0 amide bonds. The maximum atomic E-state index is 13.2. The Kier molecular flexibility index (Phi) is 2.98. The van der Waals surface area contributed by atoms with E-state index >= 15 is 0 Å². The number of aromatic nitrogens is 4. The molecular formula is C14H11FN4O. The van der Waals surface area contributed by atoms with Crippen LogP contribution in [-0.2, 0) is 6.67 Å². The highest BCUT2D eigenvalue weighted by molar-refractivity contribution is 5.98. The molecule has 100 valence electrons. The van der Waals surface area contributed by atoms with Gasteiger partial charge in [-0.05, 0) is 24.6 Å². The maximum absolute atomic E-state index is 13.2. The number of carbonyl (C=O) groups is 1. The Bertz CT molecular complexity index is 780. The van der Waals surface area contributed by atoms with Crippen molar-refractivity contribution in [2.75, 3.05) is 0 Å². The van der Waals surface area contributed by atoms with Crippen molar-refractivity contribution < 1.29 is 9.18 Å². The molecule has 0 fully saturated rings. The Labute approximate surface area is 113 Å². The number of halogens is 1. The maximum Gasteiger partial charge on any atom is 0.168 e. The number of carbonyl (C=O) groups excluding carboxylic acids is 1. The van der Waals surface area contributed by atoms with E-state index in [9.17, 15) is 9.18 Å². The number of hydrogen-bond donors (Lipinski definition) is 1. The number of aromatic amines is 1. The summed E-state index contributed by atoms with van der Waals surface area (Å²) >= 11 is 0. The van der Waals surface area contributed by atoms with Gasteiger partial charge in [0.05, 0.1) is 5.52 Å². The van der Waals surface area contributed by atoms with Gasteiger partial charge in [0.1, 0.15) is 18.2 Å². The van der Waals surface area contributed by atoms with E-state index in [4.69, 9.17) is 0 Å². The van der Waals surface area contributed by atoms with Crippen LogP contribution < -0.4 is 0 Å². The molecule has 20 heavy (non-hydrogen) atoms. The van der Waals surface area contributed by atoms with Crippen LogP contribution in [0, 0.1) is 6.92 Å². The highest BCUT2D eigenvalue weighted by atomic mass is 19.1. The lowest BCUT2D eigenvalue weighted by molar-refractivity contribution is 0.112. The van der Waals surface area contributed by atoms with Crippen LogP contribution in [0.2, 0.25) is 0 Å². The van der Waals surface area contributed by atoms with Crippen molar-refractivity contribution in [1.29, 1.82) is 0 Å². The van der Waals surface area contributed by atoms with Crippen LogP contribution in [0.3, 0.4) is 0 Å². The van der Waals surface area contributed by atoms with Gasteiger partial charge in [-0.1, -0.05) is 0 Å². The largest absolute Gasteiger partial charge is 0.296 e. The zero-order chi connectivity index (χ0) is 14.1. The molecule has 0 spiro atoms. The summed E-state index contributed by atoms with van der Waals surface area (Å²) in [6.45, 7) is 1.14. The highest BCUT2D eigenvalue weighted by Crippen LogP contribution is 2.28. The molecule has 3 aromatic rings. The quantitative estimate of drug-likeness (QED) is 0.742. The zero-order valence-corrected chi connectivity index (χ0v) is 10.7. The van der Waals surface area contributed by atoms with Crippen LogP contribution in [0.25, 0.3) is 22.0 Å². The molecule has 0 aliphatic rings. The van der Waals surface area contributed by atoms with Gasteiger partial charge in [0.25, 0.3) is 0 Å². The fourth-order valence-electron chi connectivity index (χ4n) is 2.11. The average Bonchev–Trinajstić information content (AvgIpc) is 2.90. The SMILES string of the molecule is Cc1ncc(-c2cc(CF)c3n[nH]c(C=O)c3c2)cn1. The number of rotatable bonds is 3. The molecule has 5 nitrogen and oxygen atoms in total. The van der Waals surface area contributed by atoms with Crippen LogP contribution in [0.4, 0.5) is 4.39 Å². The molecule has 1 N–H and O–H groups in total. The van der Waals surface area contributed by atoms with Gasteiger partial charge in [0.2, 0.25) is 0 Å². The minimum atomic E-state index is -0.653. The molecule has 6 heteroatoms. The number of fused-ring (bicyclic) bond motifs is 1. The highest BCUT2D eigenvalue weighted by Gasteiger charge is 2.12. The first-order valence-electron chi connectivity index (χ1n) is 6.04. The van der Waals surface area contributed by atoms with Gasteiger partial charge >= 0.3 is 0 Å². The minimum absolute atomic E-state index is 0.338. The van der Waals surface area contributed by atoms with E-state index < -0.39 is 6.67 Å². The predicted molar refractivity (Wildman–Crippen MR) is 72.1 cm³/mol. The second kappa shape index (κ2) is 4.80. The van der Waals surface area contributed by atoms with Gasteiger partial charge in [-0.25, -0.2) is 14.4 Å². The molecular weight excluding hydrogens is 259 g/mol. The summed E-state index contributed by atoms with van der Waals surface area (Å²) in [5, 5.41) is 7.19. The van der Waals surface area contributed by atoms with Crippen molar-refractivity contribution in [1.82, 2.24) is 20.2 Å². The number of hydrogen-bond acceptors (Lipinski definition) is 4. The number of nitrogens with zero attached hydrogens (tertiary/aromatic N) is 3. The summed E-state index contributed by atoms with van der Waals surface area (Å²) in [4.78, 5) is 19.2.